The summed E-state index contributed by atoms with van der Waals surface area (Å²) in [5.74, 6) is 1.16. The molecule has 2 rings (SSSR count). The Morgan fingerprint density at radius 2 is 2.20 bits per heavy atom. The Kier molecular flexibility index (Phi) is 4.63. The van der Waals surface area contributed by atoms with Crippen molar-refractivity contribution in [1.29, 1.82) is 0 Å². The molecular weight excluding hydrogens is 250 g/mol. The fourth-order valence-electron chi connectivity index (χ4n) is 2.53. The van der Waals surface area contributed by atoms with Gasteiger partial charge in [0.2, 0.25) is 5.91 Å². The van der Waals surface area contributed by atoms with Gasteiger partial charge in [0.1, 0.15) is 5.82 Å². The zero-order chi connectivity index (χ0) is 14.6. The predicted octanol–water partition coefficient (Wildman–Crippen LogP) is 3.05. The van der Waals surface area contributed by atoms with Crippen molar-refractivity contribution in [2.75, 3.05) is 18.4 Å². The normalized spacial score (nSPS) is 18.8. The molecule has 20 heavy (non-hydrogen) atoms. The molecule has 0 spiro atoms. The second kappa shape index (κ2) is 6.25. The van der Waals surface area contributed by atoms with E-state index in [-0.39, 0.29) is 11.3 Å². The number of hydrogen-bond acceptors (Lipinski definition) is 3. The number of carbonyl (C=O) groups is 1. The average Bonchev–Trinajstić information content (AvgIpc) is 2.53. The first-order chi connectivity index (χ1) is 9.50. The van der Waals surface area contributed by atoms with E-state index in [1.54, 1.807) is 6.20 Å². The number of hydrogen-bond donors (Lipinski definition) is 1. The summed E-state index contributed by atoms with van der Waals surface area (Å²) in [7, 11) is 0. The van der Waals surface area contributed by atoms with Crippen LogP contribution in [0.2, 0.25) is 0 Å². The number of likely N-dealkylation sites (tertiary alicyclic amines) is 1. The molecule has 2 heterocycles. The van der Waals surface area contributed by atoms with Crippen molar-refractivity contribution in [3.05, 3.63) is 23.9 Å². The lowest BCUT2D eigenvalue weighted by molar-refractivity contribution is -0.131. The standard InChI is InChI=1S/C16H25N3O/c1-4-17-14-11-13(6-9-18-14)12-19-10-8-16(2,3)7-5-15(19)20/h6,9,11H,4-5,7-8,10,12H2,1-3H3,(H,17,18). The van der Waals surface area contributed by atoms with Crippen LogP contribution in [0.5, 0.6) is 0 Å². The molecule has 0 saturated carbocycles. The van der Waals surface area contributed by atoms with Gasteiger partial charge in [-0.1, -0.05) is 13.8 Å². The molecule has 1 amide bonds. The molecule has 0 bridgehead atoms. The van der Waals surface area contributed by atoms with Gasteiger partial charge < -0.3 is 10.2 Å². The molecule has 0 unspecified atom stereocenters. The predicted molar refractivity (Wildman–Crippen MR) is 81.4 cm³/mol. The van der Waals surface area contributed by atoms with Gasteiger partial charge in [0, 0.05) is 32.3 Å². The quantitative estimate of drug-likeness (QED) is 0.918. The zero-order valence-electron chi connectivity index (χ0n) is 12.8. The number of nitrogens with zero attached hydrogens (tertiary/aromatic N) is 2. The zero-order valence-corrected chi connectivity index (χ0v) is 12.8. The second-order valence-corrected chi connectivity index (χ2v) is 6.31. The lowest BCUT2D eigenvalue weighted by Crippen LogP contribution is -2.30. The van der Waals surface area contributed by atoms with Gasteiger partial charge in [0.25, 0.3) is 0 Å². The van der Waals surface area contributed by atoms with Gasteiger partial charge in [0.15, 0.2) is 0 Å². The maximum absolute atomic E-state index is 12.2. The third-order valence-electron chi connectivity index (χ3n) is 3.98. The topological polar surface area (TPSA) is 45.2 Å². The van der Waals surface area contributed by atoms with Crippen LogP contribution in [0.3, 0.4) is 0 Å². The lowest BCUT2D eigenvalue weighted by Gasteiger charge is -2.23. The van der Waals surface area contributed by atoms with Crippen molar-refractivity contribution in [2.24, 2.45) is 5.41 Å². The molecular formula is C16H25N3O. The maximum atomic E-state index is 12.2. The Hall–Kier alpha value is -1.58. The molecule has 1 aromatic rings. The van der Waals surface area contributed by atoms with Crippen LogP contribution in [-0.4, -0.2) is 28.9 Å². The van der Waals surface area contributed by atoms with E-state index in [1.807, 2.05) is 17.0 Å². The van der Waals surface area contributed by atoms with E-state index in [1.165, 1.54) is 0 Å². The van der Waals surface area contributed by atoms with Crippen molar-refractivity contribution in [3.63, 3.8) is 0 Å². The van der Waals surface area contributed by atoms with Gasteiger partial charge in [0.05, 0.1) is 0 Å². The number of aromatic nitrogens is 1. The van der Waals surface area contributed by atoms with E-state index >= 15 is 0 Å². The molecule has 0 aromatic carbocycles. The van der Waals surface area contributed by atoms with E-state index in [4.69, 9.17) is 0 Å². The van der Waals surface area contributed by atoms with Gasteiger partial charge in [-0.2, -0.15) is 0 Å². The molecule has 1 aliphatic rings. The highest BCUT2D eigenvalue weighted by molar-refractivity contribution is 5.76. The average molecular weight is 275 g/mol. The Bertz CT molecular complexity index is 471. The largest absolute Gasteiger partial charge is 0.370 e. The van der Waals surface area contributed by atoms with Gasteiger partial charge in [-0.3, -0.25) is 4.79 Å². The summed E-state index contributed by atoms with van der Waals surface area (Å²) in [5.41, 5.74) is 1.42. The summed E-state index contributed by atoms with van der Waals surface area (Å²) in [5, 5.41) is 3.21. The minimum atomic E-state index is 0.275. The molecule has 0 aliphatic carbocycles. The number of amides is 1. The highest BCUT2D eigenvalue weighted by Gasteiger charge is 2.27. The monoisotopic (exact) mass is 275 g/mol. The summed E-state index contributed by atoms with van der Waals surface area (Å²) in [4.78, 5) is 18.5. The minimum absolute atomic E-state index is 0.275. The van der Waals surface area contributed by atoms with Gasteiger partial charge in [-0.05, 0) is 42.9 Å². The van der Waals surface area contributed by atoms with Crippen LogP contribution in [0.1, 0.15) is 45.6 Å². The van der Waals surface area contributed by atoms with E-state index in [0.717, 1.165) is 37.3 Å². The lowest BCUT2D eigenvalue weighted by atomic mass is 9.85. The molecule has 1 fully saturated rings. The summed E-state index contributed by atoms with van der Waals surface area (Å²) >= 11 is 0. The Morgan fingerprint density at radius 3 is 2.95 bits per heavy atom. The molecule has 4 nitrogen and oxygen atoms in total. The molecule has 4 heteroatoms. The van der Waals surface area contributed by atoms with E-state index in [2.05, 4.69) is 31.1 Å². The fraction of sp³-hybridized carbons (Fsp3) is 0.625. The van der Waals surface area contributed by atoms with Crippen LogP contribution in [0.15, 0.2) is 18.3 Å². The number of anilines is 1. The molecule has 1 N–H and O–H groups in total. The van der Waals surface area contributed by atoms with Crippen molar-refractivity contribution < 1.29 is 4.79 Å². The molecule has 0 radical (unpaired) electrons. The second-order valence-electron chi connectivity index (χ2n) is 6.31. The van der Waals surface area contributed by atoms with Gasteiger partial charge >= 0.3 is 0 Å². The van der Waals surface area contributed by atoms with Crippen LogP contribution >= 0.6 is 0 Å². The summed E-state index contributed by atoms with van der Waals surface area (Å²) in [6, 6.07) is 4.02. The summed E-state index contributed by atoms with van der Waals surface area (Å²) in [6.45, 7) is 8.95. The van der Waals surface area contributed by atoms with Crippen molar-refractivity contribution >= 4 is 11.7 Å². The smallest absolute Gasteiger partial charge is 0.222 e. The number of rotatable bonds is 4. The molecule has 1 aromatic heterocycles. The van der Waals surface area contributed by atoms with Crippen LogP contribution < -0.4 is 5.32 Å². The van der Waals surface area contributed by atoms with E-state index < -0.39 is 0 Å². The number of pyridine rings is 1. The van der Waals surface area contributed by atoms with Crippen LogP contribution in [0, 0.1) is 5.41 Å². The van der Waals surface area contributed by atoms with Crippen molar-refractivity contribution in [3.8, 4) is 0 Å². The SMILES string of the molecule is CCNc1cc(CN2CCC(C)(C)CCC2=O)ccn1. The van der Waals surface area contributed by atoms with Crippen LogP contribution in [-0.2, 0) is 11.3 Å². The molecule has 0 atom stereocenters. The third kappa shape index (κ3) is 3.95. The van der Waals surface area contributed by atoms with Crippen LogP contribution in [0.4, 0.5) is 5.82 Å². The Balaban J connectivity index is 2.04. The first kappa shape index (κ1) is 14.8. The fourth-order valence-corrected chi connectivity index (χ4v) is 2.53. The highest BCUT2D eigenvalue weighted by atomic mass is 16.2. The van der Waals surface area contributed by atoms with Gasteiger partial charge in [-0.25, -0.2) is 4.98 Å². The Morgan fingerprint density at radius 1 is 1.40 bits per heavy atom. The minimum Gasteiger partial charge on any atom is -0.370 e. The molecule has 1 aliphatic heterocycles. The molecule has 1 saturated heterocycles. The number of carbonyl (C=O) groups excluding carboxylic acids is 1. The highest BCUT2D eigenvalue weighted by Crippen LogP contribution is 2.30. The van der Waals surface area contributed by atoms with E-state index in [0.29, 0.717) is 13.0 Å². The third-order valence-corrected chi connectivity index (χ3v) is 3.98. The van der Waals surface area contributed by atoms with Crippen molar-refractivity contribution in [2.45, 2.75) is 46.6 Å². The number of nitrogens with one attached hydrogen (secondary N) is 1. The van der Waals surface area contributed by atoms with Crippen LogP contribution in [0.25, 0.3) is 0 Å². The first-order valence-electron chi connectivity index (χ1n) is 7.47. The summed E-state index contributed by atoms with van der Waals surface area (Å²) in [6.07, 6.45) is 4.53. The van der Waals surface area contributed by atoms with E-state index in [9.17, 15) is 4.79 Å². The maximum Gasteiger partial charge on any atom is 0.222 e. The summed E-state index contributed by atoms with van der Waals surface area (Å²) < 4.78 is 0. The van der Waals surface area contributed by atoms with Crippen molar-refractivity contribution in [1.82, 2.24) is 9.88 Å². The molecule has 110 valence electrons. The van der Waals surface area contributed by atoms with Gasteiger partial charge in [-0.15, -0.1) is 0 Å². The first-order valence-corrected chi connectivity index (χ1v) is 7.47. The Labute approximate surface area is 121 Å².